The minimum absolute atomic E-state index is 0.0859. The molecule has 2 amide bonds. The van der Waals surface area contributed by atoms with Crippen molar-refractivity contribution in [3.8, 4) is 11.8 Å². The Morgan fingerprint density at radius 2 is 1.97 bits per heavy atom. The molecule has 3 aliphatic rings. The highest BCUT2D eigenvalue weighted by atomic mass is 16.6. The average Bonchev–Trinajstić information content (AvgIpc) is 3.43. The maximum absolute atomic E-state index is 12.2. The van der Waals surface area contributed by atoms with Crippen LogP contribution in [0.15, 0.2) is 6.33 Å². The highest BCUT2D eigenvalue weighted by Gasteiger charge is 2.47. The fourth-order valence-electron chi connectivity index (χ4n) is 4.86. The third-order valence-corrected chi connectivity index (χ3v) is 7.35. The molecule has 0 spiro atoms. The van der Waals surface area contributed by atoms with Gasteiger partial charge in [0.1, 0.15) is 23.8 Å². The number of piperidine rings is 1. The fourth-order valence-corrected chi connectivity index (χ4v) is 4.86. The number of amides is 2. The van der Waals surface area contributed by atoms with Crippen molar-refractivity contribution in [1.82, 2.24) is 29.7 Å². The van der Waals surface area contributed by atoms with E-state index >= 15 is 0 Å². The topological polar surface area (TPSA) is 178 Å². The molecule has 1 aliphatic carbocycles. The zero-order chi connectivity index (χ0) is 26.8. The second-order valence-electron chi connectivity index (χ2n) is 9.95. The molecule has 0 aromatic carbocycles. The van der Waals surface area contributed by atoms with Crippen LogP contribution in [-0.2, 0) is 14.3 Å². The number of nitrogens with one attached hydrogen (secondary N) is 1. The summed E-state index contributed by atoms with van der Waals surface area (Å²) in [5.74, 6) is 6.20. The van der Waals surface area contributed by atoms with Gasteiger partial charge in [-0.3, -0.25) is 9.36 Å². The van der Waals surface area contributed by atoms with Crippen molar-refractivity contribution in [3.63, 3.8) is 0 Å². The minimum atomic E-state index is -1.42. The van der Waals surface area contributed by atoms with Crippen LogP contribution in [0.1, 0.15) is 57.5 Å². The van der Waals surface area contributed by atoms with Crippen LogP contribution in [0, 0.1) is 17.8 Å². The molecule has 5 N–H and O–H groups in total. The van der Waals surface area contributed by atoms with Crippen LogP contribution in [0.25, 0.3) is 11.2 Å². The Morgan fingerprint density at radius 3 is 2.66 bits per heavy atom. The largest absolute Gasteiger partial charge is 0.446 e. The highest BCUT2D eigenvalue weighted by molar-refractivity contribution is 5.83. The van der Waals surface area contributed by atoms with Gasteiger partial charge in [0.15, 0.2) is 23.8 Å². The molecule has 13 nitrogen and oxygen atoms in total. The first-order valence-electron chi connectivity index (χ1n) is 13.1. The summed E-state index contributed by atoms with van der Waals surface area (Å²) in [5.41, 5.74) is 6.66. The van der Waals surface area contributed by atoms with Gasteiger partial charge in [0.05, 0.1) is 6.33 Å². The van der Waals surface area contributed by atoms with Crippen LogP contribution in [0.2, 0.25) is 0 Å². The number of anilines is 1. The Balaban J connectivity index is 1.23. The van der Waals surface area contributed by atoms with Gasteiger partial charge in [-0.25, -0.2) is 19.7 Å². The number of fused-ring (bicyclic) bond motifs is 1. The van der Waals surface area contributed by atoms with Crippen molar-refractivity contribution in [2.75, 3.05) is 25.4 Å². The van der Waals surface area contributed by atoms with Crippen molar-refractivity contribution in [2.45, 2.75) is 76.1 Å². The number of nitrogens with two attached hydrogens (primary N) is 1. The van der Waals surface area contributed by atoms with Gasteiger partial charge in [-0.05, 0) is 50.9 Å². The number of aliphatic hydroxyl groups excluding tert-OH is 2. The van der Waals surface area contributed by atoms with E-state index in [1.54, 1.807) is 11.8 Å². The number of aromatic nitrogens is 4. The molecule has 2 aromatic heterocycles. The summed E-state index contributed by atoms with van der Waals surface area (Å²) < 4.78 is 12.6. The fraction of sp³-hybridized carbons (Fsp3) is 0.640. The van der Waals surface area contributed by atoms with E-state index < -0.39 is 30.4 Å². The third kappa shape index (κ3) is 5.24. The quantitative estimate of drug-likeness (QED) is 0.396. The Labute approximate surface area is 219 Å². The van der Waals surface area contributed by atoms with Crippen LogP contribution in [0.5, 0.6) is 0 Å². The molecule has 0 unspecified atom stereocenters. The Hall–Kier alpha value is -3.47. The number of ether oxygens (including phenoxy) is 2. The van der Waals surface area contributed by atoms with Crippen molar-refractivity contribution in [1.29, 1.82) is 0 Å². The molecule has 3 fully saturated rings. The van der Waals surface area contributed by atoms with Gasteiger partial charge in [0.25, 0.3) is 5.91 Å². The molecule has 2 aliphatic heterocycles. The molecule has 1 saturated carbocycles. The molecule has 2 aromatic rings. The lowest BCUT2D eigenvalue weighted by Gasteiger charge is -2.33. The number of likely N-dealkylation sites (N-methyl/N-ethyl adjacent to an activating group) is 1. The summed E-state index contributed by atoms with van der Waals surface area (Å²) in [6.07, 6.45) is 1.46. The summed E-state index contributed by atoms with van der Waals surface area (Å²) in [6, 6.07) is 0. The van der Waals surface area contributed by atoms with Gasteiger partial charge >= 0.3 is 6.09 Å². The molecule has 38 heavy (non-hydrogen) atoms. The number of hydrogen-bond acceptors (Lipinski definition) is 10. The molecule has 13 heteroatoms. The Bertz CT molecular complexity index is 1240. The SMILES string of the molecule is CCNC(=O)[C@H]1O[C@@H](n2cnc3c(N)nc(C#CCC4CCN(C(=O)OC5CCC5)CC4)nc32)[C@H](O)[C@@H]1O. The summed E-state index contributed by atoms with van der Waals surface area (Å²) in [4.78, 5) is 39.2. The highest BCUT2D eigenvalue weighted by Crippen LogP contribution is 2.32. The predicted molar refractivity (Wildman–Crippen MR) is 134 cm³/mol. The van der Waals surface area contributed by atoms with Crippen LogP contribution in [0.4, 0.5) is 10.6 Å². The summed E-state index contributed by atoms with van der Waals surface area (Å²) in [7, 11) is 0. The van der Waals surface area contributed by atoms with Crippen molar-refractivity contribution >= 4 is 29.0 Å². The van der Waals surface area contributed by atoms with Crippen LogP contribution in [-0.4, -0.2) is 90.7 Å². The zero-order valence-electron chi connectivity index (χ0n) is 21.2. The van der Waals surface area contributed by atoms with E-state index in [1.807, 2.05) is 0 Å². The number of aliphatic hydroxyl groups is 2. The number of nitrogens with zero attached hydrogens (tertiary/aromatic N) is 5. The number of carbonyl (C=O) groups excluding carboxylic acids is 2. The van der Waals surface area contributed by atoms with Gasteiger partial charge in [-0.15, -0.1) is 0 Å². The normalized spacial score (nSPS) is 26.0. The standard InChI is InChI=1S/C25H33N7O6/c1-2-27-23(35)20-18(33)19(34)24(38-20)32-13-28-17-21(26)29-16(30-22(17)32)8-3-5-14-9-11-31(12-10-14)25(36)37-15-6-4-7-15/h13-15,18-20,24,33-34H,2,4-7,9-12H2,1H3,(H,27,35)(H2,26,29,30)/t18-,19+,20-,24+/m0/s1. The van der Waals surface area contributed by atoms with Crippen molar-refractivity contribution in [3.05, 3.63) is 12.2 Å². The predicted octanol–water partition coefficient (Wildman–Crippen LogP) is 0.307. The van der Waals surface area contributed by atoms with Crippen LogP contribution >= 0.6 is 0 Å². The van der Waals surface area contributed by atoms with E-state index in [-0.39, 0.29) is 29.5 Å². The van der Waals surface area contributed by atoms with Gasteiger partial charge in [-0.2, -0.15) is 0 Å². The molecule has 2 saturated heterocycles. The van der Waals surface area contributed by atoms with Crippen LogP contribution < -0.4 is 11.1 Å². The van der Waals surface area contributed by atoms with E-state index in [4.69, 9.17) is 15.2 Å². The molecule has 4 heterocycles. The number of hydrogen-bond donors (Lipinski definition) is 4. The summed E-state index contributed by atoms with van der Waals surface area (Å²) in [5, 5.41) is 23.5. The zero-order valence-corrected chi connectivity index (χ0v) is 21.2. The van der Waals surface area contributed by atoms with Crippen molar-refractivity contribution < 1.29 is 29.3 Å². The average molecular weight is 528 g/mol. The molecule has 4 atom stereocenters. The number of nitrogen functional groups attached to an aromatic ring is 1. The smallest absolute Gasteiger partial charge is 0.410 e. The molecule has 0 radical (unpaired) electrons. The molecular formula is C25H33N7O6. The number of carbonyl (C=O) groups is 2. The second kappa shape index (κ2) is 11.1. The maximum Gasteiger partial charge on any atom is 0.410 e. The number of imidazole rings is 1. The van der Waals surface area contributed by atoms with E-state index in [0.717, 1.165) is 32.1 Å². The van der Waals surface area contributed by atoms with E-state index in [0.29, 0.717) is 37.5 Å². The van der Waals surface area contributed by atoms with Crippen LogP contribution in [0.3, 0.4) is 0 Å². The van der Waals surface area contributed by atoms with E-state index in [9.17, 15) is 19.8 Å². The minimum Gasteiger partial charge on any atom is -0.446 e. The first kappa shape index (κ1) is 26.1. The third-order valence-electron chi connectivity index (χ3n) is 7.35. The van der Waals surface area contributed by atoms with E-state index in [2.05, 4.69) is 32.1 Å². The van der Waals surface area contributed by atoms with Crippen molar-refractivity contribution in [2.24, 2.45) is 5.92 Å². The molecular weight excluding hydrogens is 494 g/mol. The Kier molecular flexibility index (Phi) is 7.64. The maximum atomic E-state index is 12.2. The van der Waals surface area contributed by atoms with Gasteiger partial charge in [0.2, 0.25) is 5.82 Å². The first-order chi connectivity index (χ1) is 18.4. The second-order valence-corrected chi connectivity index (χ2v) is 9.95. The molecule has 204 valence electrons. The monoisotopic (exact) mass is 527 g/mol. The lowest BCUT2D eigenvalue weighted by molar-refractivity contribution is -0.137. The Morgan fingerprint density at radius 1 is 1.21 bits per heavy atom. The lowest BCUT2D eigenvalue weighted by Crippen LogP contribution is -2.42. The first-order valence-corrected chi connectivity index (χ1v) is 13.1. The van der Waals surface area contributed by atoms with Gasteiger partial charge < -0.3 is 35.6 Å². The van der Waals surface area contributed by atoms with Gasteiger partial charge in [-0.1, -0.05) is 5.92 Å². The number of rotatable bonds is 5. The van der Waals surface area contributed by atoms with Gasteiger partial charge in [0, 0.05) is 26.1 Å². The molecule has 0 bridgehead atoms. The summed E-state index contributed by atoms with van der Waals surface area (Å²) in [6.45, 7) is 3.41. The van der Waals surface area contributed by atoms with E-state index in [1.165, 1.54) is 10.9 Å². The lowest BCUT2D eigenvalue weighted by atomic mass is 9.94. The molecule has 5 rings (SSSR count). The summed E-state index contributed by atoms with van der Waals surface area (Å²) >= 11 is 0. The number of likely N-dealkylation sites (tertiary alicyclic amines) is 1.